The predicted octanol–water partition coefficient (Wildman–Crippen LogP) is 2.79. The molecule has 0 saturated heterocycles. The SMILES string of the molecule is C#CC(CC)(CC)NC(=O)COc1ccc2c(C)cc(=O)oc2c1. The number of rotatable bonds is 6. The van der Waals surface area contributed by atoms with Crippen molar-refractivity contribution in [3.05, 3.63) is 40.2 Å². The molecule has 0 fully saturated rings. The second kappa shape index (κ2) is 7.22. The summed E-state index contributed by atoms with van der Waals surface area (Å²) in [6, 6.07) is 6.57. The molecule has 5 heteroatoms. The Labute approximate surface area is 141 Å². The highest BCUT2D eigenvalue weighted by Gasteiger charge is 2.25. The molecule has 0 radical (unpaired) electrons. The van der Waals surface area contributed by atoms with Crippen LogP contribution in [0.15, 0.2) is 33.5 Å². The molecule has 2 rings (SSSR count). The summed E-state index contributed by atoms with van der Waals surface area (Å²) in [4.78, 5) is 23.5. The van der Waals surface area contributed by atoms with Crippen LogP contribution >= 0.6 is 0 Å². The molecule has 0 saturated carbocycles. The van der Waals surface area contributed by atoms with Gasteiger partial charge in [-0.25, -0.2) is 4.79 Å². The van der Waals surface area contributed by atoms with Gasteiger partial charge in [0.05, 0.1) is 0 Å². The summed E-state index contributed by atoms with van der Waals surface area (Å²) in [5.74, 6) is 2.80. The Balaban J connectivity index is 2.09. The van der Waals surface area contributed by atoms with Crippen LogP contribution in [0.1, 0.15) is 32.3 Å². The van der Waals surface area contributed by atoms with Gasteiger partial charge in [-0.15, -0.1) is 6.42 Å². The topological polar surface area (TPSA) is 68.5 Å². The maximum atomic E-state index is 12.1. The summed E-state index contributed by atoms with van der Waals surface area (Å²) in [5, 5.41) is 3.66. The van der Waals surface area contributed by atoms with Crippen molar-refractivity contribution >= 4 is 16.9 Å². The summed E-state index contributed by atoms with van der Waals surface area (Å²) < 4.78 is 10.7. The Hall–Kier alpha value is -2.74. The molecule has 1 amide bonds. The molecular formula is C19H21NO4. The van der Waals surface area contributed by atoms with E-state index in [0.717, 1.165) is 10.9 Å². The van der Waals surface area contributed by atoms with Gasteiger partial charge in [-0.2, -0.15) is 0 Å². The zero-order valence-corrected chi connectivity index (χ0v) is 14.1. The fourth-order valence-corrected chi connectivity index (χ4v) is 2.51. The van der Waals surface area contributed by atoms with Crippen LogP contribution in [-0.2, 0) is 4.79 Å². The van der Waals surface area contributed by atoms with E-state index in [2.05, 4.69) is 11.2 Å². The lowest BCUT2D eigenvalue weighted by Gasteiger charge is -2.26. The Kier molecular flexibility index (Phi) is 5.30. The van der Waals surface area contributed by atoms with E-state index >= 15 is 0 Å². The van der Waals surface area contributed by atoms with Gasteiger partial charge in [0.25, 0.3) is 5.91 Å². The molecule has 5 nitrogen and oxygen atoms in total. The molecule has 126 valence electrons. The average molecular weight is 327 g/mol. The molecule has 0 atom stereocenters. The van der Waals surface area contributed by atoms with Crippen molar-refractivity contribution in [2.75, 3.05) is 6.61 Å². The molecule has 0 aliphatic rings. The van der Waals surface area contributed by atoms with Crippen LogP contribution in [0.3, 0.4) is 0 Å². The number of carbonyl (C=O) groups is 1. The van der Waals surface area contributed by atoms with E-state index in [-0.39, 0.29) is 12.5 Å². The van der Waals surface area contributed by atoms with E-state index in [1.54, 1.807) is 18.2 Å². The summed E-state index contributed by atoms with van der Waals surface area (Å²) in [6.07, 6.45) is 6.82. The normalized spacial score (nSPS) is 11.1. The predicted molar refractivity (Wildman–Crippen MR) is 93.0 cm³/mol. The van der Waals surface area contributed by atoms with E-state index < -0.39 is 11.2 Å². The number of hydrogen-bond donors (Lipinski definition) is 1. The minimum absolute atomic E-state index is 0.162. The van der Waals surface area contributed by atoms with Crippen molar-refractivity contribution in [2.24, 2.45) is 0 Å². The number of terminal acetylenes is 1. The largest absolute Gasteiger partial charge is 0.484 e. The highest BCUT2D eigenvalue weighted by molar-refractivity contribution is 5.82. The molecule has 0 spiro atoms. The van der Waals surface area contributed by atoms with Gasteiger partial charge in [0.2, 0.25) is 0 Å². The molecule has 0 unspecified atom stereocenters. The number of nitrogens with one attached hydrogen (secondary N) is 1. The molecule has 1 N–H and O–H groups in total. The molecule has 1 aromatic heterocycles. The second-order valence-corrected chi connectivity index (χ2v) is 5.68. The Morgan fingerprint density at radius 3 is 2.67 bits per heavy atom. The van der Waals surface area contributed by atoms with Crippen LogP contribution < -0.4 is 15.7 Å². The van der Waals surface area contributed by atoms with E-state index in [9.17, 15) is 9.59 Å². The van der Waals surface area contributed by atoms with Crippen molar-refractivity contribution in [1.29, 1.82) is 0 Å². The zero-order chi connectivity index (χ0) is 17.7. The second-order valence-electron chi connectivity index (χ2n) is 5.68. The first kappa shape index (κ1) is 17.6. The summed E-state index contributed by atoms with van der Waals surface area (Å²) in [7, 11) is 0. The zero-order valence-electron chi connectivity index (χ0n) is 14.1. The van der Waals surface area contributed by atoms with Crippen LogP contribution in [0.4, 0.5) is 0 Å². The van der Waals surface area contributed by atoms with Crippen molar-refractivity contribution in [3.63, 3.8) is 0 Å². The minimum atomic E-state index is -0.645. The van der Waals surface area contributed by atoms with E-state index in [1.807, 2.05) is 20.8 Å². The van der Waals surface area contributed by atoms with Crippen LogP contribution in [0.2, 0.25) is 0 Å². The van der Waals surface area contributed by atoms with E-state index in [4.69, 9.17) is 15.6 Å². The van der Waals surface area contributed by atoms with Crippen LogP contribution in [0.5, 0.6) is 5.75 Å². The van der Waals surface area contributed by atoms with E-state index in [1.165, 1.54) is 6.07 Å². The maximum Gasteiger partial charge on any atom is 0.336 e. The molecule has 0 aliphatic heterocycles. The Morgan fingerprint density at radius 2 is 2.04 bits per heavy atom. The van der Waals surface area contributed by atoms with E-state index in [0.29, 0.717) is 24.2 Å². The molecule has 0 aliphatic carbocycles. The number of hydrogen-bond acceptors (Lipinski definition) is 4. The van der Waals surface area contributed by atoms with Crippen molar-refractivity contribution in [2.45, 2.75) is 39.2 Å². The summed E-state index contributed by atoms with van der Waals surface area (Å²) in [6.45, 7) is 5.53. The third-order valence-electron chi connectivity index (χ3n) is 4.15. The standard InChI is InChI=1S/C19H21NO4/c1-5-19(6-2,7-3)20-17(21)12-23-14-8-9-15-13(4)10-18(22)24-16(15)11-14/h1,8-11H,6-7,12H2,2-4H3,(H,20,21). The first-order valence-corrected chi connectivity index (χ1v) is 7.89. The Bertz CT molecular complexity index is 841. The lowest BCUT2D eigenvalue weighted by Crippen LogP contribution is -2.48. The number of amides is 1. The highest BCUT2D eigenvalue weighted by atomic mass is 16.5. The lowest BCUT2D eigenvalue weighted by molar-refractivity contribution is -0.124. The number of fused-ring (bicyclic) bond motifs is 1. The Morgan fingerprint density at radius 1 is 1.33 bits per heavy atom. The fraction of sp³-hybridized carbons (Fsp3) is 0.368. The first-order chi connectivity index (χ1) is 11.4. The molecule has 2 aromatic rings. The quantitative estimate of drug-likeness (QED) is 0.654. The highest BCUT2D eigenvalue weighted by Crippen LogP contribution is 2.22. The summed E-state index contributed by atoms with van der Waals surface area (Å²) >= 11 is 0. The van der Waals surface area contributed by atoms with Crippen LogP contribution in [0.25, 0.3) is 11.0 Å². The lowest BCUT2D eigenvalue weighted by atomic mass is 9.94. The van der Waals surface area contributed by atoms with Crippen molar-refractivity contribution in [1.82, 2.24) is 5.32 Å². The average Bonchev–Trinajstić information content (AvgIpc) is 2.57. The van der Waals surface area contributed by atoms with Crippen molar-refractivity contribution in [3.8, 4) is 18.1 Å². The fourth-order valence-electron chi connectivity index (χ4n) is 2.51. The molecule has 1 heterocycles. The smallest absolute Gasteiger partial charge is 0.336 e. The first-order valence-electron chi connectivity index (χ1n) is 7.89. The number of aryl methyl sites for hydroxylation is 1. The number of benzene rings is 1. The van der Waals surface area contributed by atoms with Crippen LogP contribution in [0, 0.1) is 19.3 Å². The third-order valence-corrected chi connectivity index (χ3v) is 4.15. The van der Waals surface area contributed by atoms with Gasteiger partial charge < -0.3 is 14.5 Å². The monoisotopic (exact) mass is 327 g/mol. The minimum Gasteiger partial charge on any atom is -0.484 e. The number of ether oxygens (including phenoxy) is 1. The van der Waals surface area contributed by atoms with Gasteiger partial charge in [-0.05, 0) is 37.5 Å². The van der Waals surface area contributed by atoms with Crippen LogP contribution in [-0.4, -0.2) is 18.1 Å². The molecular weight excluding hydrogens is 306 g/mol. The maximum absolute atomic E-state index is 12.1. The third kappa shape index (κ3) is 3.77. The van der Waals surface area contributed by atoms with Gasteiger partial charge in [0.1, 0.15) is 16.9 Å². The van der Waals surface area contributed by atoms with Gasteiger partial charge in [-0.1, -0.05) is 19.8 Å². The van der Waals surface area contributed by atoms with Gasteiger partial charge in [-0.3, -0.25) is 4.79 Å². The van der Waals surface area contributed by atoms with Gasteiger partial charge in [0.15, 0.2) is 6.61 Å². The molecule has 0 bridgehead atoms. The van der Waals surface area contributed by atoms with Gasteiger partial charge >= 0.3 is 5.63 Å². The molecule has 1 aromatic carbocycles. The number of carbonyl (C=O) groups excluding carboxylic acids is 1. The van der Waals surface area contributed by atoms with Gasteiger partial charge in [0, 0.05) is 17.5 Å². The molecule has 24 heavy (non-hydrogen) atoms. The summed E-state index contributed by atoms with van der Waals surface area (Å²) in [5.41, 5.74) is 0.195. The van der Waals surface area contributed by atoms with Crippen molar-refractivity contribution < 1.29 is 13.9 Å².